The summed E-state index contributed by atoms with van der Waals surface area (Å²) in [6.45, 7) is 5.57. The van der Waals surface area contributed by atoms with Crippen molar-refractivity contribution in [1.82, 2.24) is 0 Å². The molecule has 0 aromatic heterocycles. The van der Waals surface area contributed by atoms with Gasteiger partial charge in [-0.05, 0) is 75.1 Å². The van der Waals surface area contributed by atoms with E-state index < -0.39 is 0 Å². The Morgan fingerprint density at radius 3 is 2.34 bits per heavy atom. The van der Waals surface area contributed by atoms with E-state index in [9.17, 15) is 9.59 Å². The van der Waals surface area contributed by atoms with Crippen LogP contribution in [0.4, 0.5) is 5.69 Å². The average Bonchev–Trinajstić information content (AvgIpc) is 2.79. The molecule has 1 N–H and O–H groups in total. The van der Waals surface area contributed by atoms with E-state index in [1.165, 1.54) is 12.5 Å². The number of ketones is 1. The number of anilines is 1. The van der Waals surface area contributed by atoms with Gasteiger partial charge in [-0.3, -0.25) is 9.59 Å². The van der Waals surface area contributed by atoms with Crippen molar-refractivity contribution >= 4 is 23.5 Å². The monoisotopic (exact) mass is 425 g/mol. The van der Waals surface area contributed by atoms with Crippen LogP contribution in [-0.2, 0) is 6.42 Å². The first-order valence-electron chi connectivity index (χ1n) is 10.8. The van der Waals surface area contributed by atoms with Crippen LogP contribution < -0.4 is 10.1 Å². The Morgan fingerprint density at radius 1 is 0.969 bits per heavy atom. The minimum atomic E-state index is -0.376. The molecule has 4 nitrogen and oxygen atoms in total. The summed E-state index contributed by atoms with van der Waals surface area (Å²) in [5, 5.41) is 2.98. The van der Waals surface area contributed by atoms with E-state index in [-0.39, 0.29) is 17.3 Å². The Morgan fingerprint density at radius 2 is 1.66 bits per heavy atom. The molecule has 0 saturated carbocycles. The summed E-state index contributed by atoms with van der Waals surface area (Å²) in [4.78, 5) is 24.1. The number of carbonyl (C=O) groups is 2. The van der Waals surface area contributed by atoms with Crippen molar-refractivity contribution in [3.05, 3.63) is 101 Å². The van der Waals surface area contributed by atoms with Crippen molar-refractivity contribution in [2.45, 2.75) is 39.2 Å². The minimum Gasteiger partial charge on any atom is -0.483 e. The maximum absolute atomic E-state index is 12.7. The molecule has 1 aliphatic heterocycles. The molecule has 1 unspecified atom stereocenters. The number of hydrogen-bond acceptors (Lipinski definition) is 3. The summed E-state index contributed by atoms with van der Waals surface area (Å²) in [6, 6.07) is 21.0. The van der Waals surface area contributed by atoms with Crippen LogP contribution in [0.1, 0.15) is 57.7 Å². The maximum atomic E-state index is 12.7. The molecule has 4 heteroatoms. The number of aryl methyl sites for hydroxylation is 2. The first kappa shape index (κ1) is 21.6. The van der Waals surface area contributed by atoms with Crippen LogP contribution in [0.15, 0.2) is 72.8 Å². The predicted octanol–water partition coefficient (Wildman–Crippen LogP) is 6.25. The van der Waals surface area contributed by atoms with E-state index in [0.717, 1.165) is 35.4 Å². The summed E-state index contributed by atoms with van der Waals surface area (Å²) in [5.74, 6) is 0.589. The van der Waals surface area contributed by atoms with Crippen LogP contribution in [-0.4, -0.2) is 17.3 Å². The molecule has 0 aliphatic carbocycles. The molecule has 0 bridgehead atoms. The van der Waals surface area contributed by atoms with Crippen molar-refractivity contribution in [3.8, 4) is 5.75 Å². The van der Waals surface area contributed by atoms with Gasteiger partial charge in [0.15, 0.2) is 5.78 Å². The van der Waals surface area contributed by atoms with E-state index in [2.05, 4.69) is 48.7 Å². The van der Waals surface area contributed by atoms with Crippen LogP contribution in [0.25, 0.3) is 6.08 Å². The smallest absolute Gasteiger partial charge is 0.255 e. The lowest BCUT2D eigenvalue weighted by Crippen LogP contribution is -2.32. The maximum Gasteiger partial charge on any atom is 0.255 e. The lowest BCUT2D eigenvalue weighted by Gasteiger charge is -2.32. The van der Waals surface area contributed by atoms with Gasteiger partial charge in [0, 0.05) is 22.4 Å². The highest BCUT2D eigenvalue weighted by molar-refractivity contribution is 6.05. The van der Waals surface area contributed by atoms with Crippen LogP contribution in [0.2, 0.25) is 0 Å². The second-order valence-corrected chi connectivity index (χ2v) is 8.53. The highest BCUT2D eigenvalue weighted by Crippen LogP contribution is 2.36. The van der Waals surface area contributed by atoms with E-state index in [4.69, 9.17) is 4.74 Å². The second kappa shape index (κ2) is 8.83. The molecule has 0 spiro atoms. The van der Waals surface area contributed by atoms with Crippen molar-refractivity contribution in [1.29, 1.82) is 0 Å². The third-order valence-electron chi connectivity index (χ3n) is 5.87. The number of hydrogen-bond donors (Lipinski definition) is 1. The molecule has 1 aliphatic rings. The van der Waals surface area contributed by atoms with Crippen LogP contribution in [0.3, 0.4) is 0 Å². The third kappa shape index (κ3) is 4.80. The SMILES string of the molecule is CC(=O)c1ccc(C(=O)Nc2cc3c(cc2C)OC(C)(CCc2ccccc2)C=C3)cc1. The van der Waals surface area contributed by atoms with Gasteiger partial charge in [0.1, 0.15) is 11.4 Å². The van der Waals surface area contributed by atoms with Gasteiger partial charge in [0.05, 0.1) is 0 Å². The lowest BCUT2D eigenvalue weighted by atomic mass is 9.92. The molecule has 1 heterocycles. The van der Waals surface area contributed by atoms with Gasteiger partial charge < -0.3 is 10.1 Å². The minimum absolute atomic E-state index is 0.0231. The normalized spacial score (nSPS) is 16.7. The molecule has 0 fully saturated rings. The Kier molecular flexibility index (Phi) is 5.95. The molecule has 1 amide bonds. The van der Waals surface area contributed by atoms with Gasteiger partial charge in [-0.25, -0.2) is 0 Å². The number of ether oxygens (including phenoxy) is 1. The van der Waals surface area contributed by atoms with Gasteiger partial charge in [-0.15, -0.1) is 0 Å². The van der Waals surface area contributed by atoms with Crippen molar-refractivity contribution in [3.63, 3.8) is 0 Å². The fourth-order valence-electron chi connectivity index (χ4n) is 3.83. The standard InChI is InChI=1S/C28H27NO3/c1-19-17-26-24(14-16-28(3,32-26)15-13-21-7-5-4-6-8-21)18-25(19)29-27(31)23-11-9-22(10-12-23)20(2)30/h4-12,14,16-18H,13,15H2,1-3H3,(H,29,31). The number of carbonyl (C=O) groups excluding carboxylic acids is 2. The molecular formula is C28H27NO3. The Bertz CT molecular complexity index is 1180. The second-order valence-electron chi connectivity index (χ2n) is 8.53. The van der Waals surface area contributed by atoms with E-state index in [1.807, 2.05) is 25.1 Å². The van der Waals surface area contributed by atoms with Crippen molar-refractivity contribution in [2.75, 3.05) is 5.32 Å². The fraction of sp³-hybridized carbons (Fsp3) is 0.214. The Balaban J connectivity index is 1.47. The van der Waals surface area contributed by atoms with Gasteiger partial charge in [-0.2, -0.15) is 0 Å². The van der Waals surface area contributed by atoms with Gasteiger partial charge in [0.2, 0.25) is 0 Å². The lowest BCUT2D eigenvalue weighted by molar-refractivity contribution is 0.100. The summed E-state index contributed by atoms with van der Waals surface area (Å²) in [7, 11) is 0. The van der Waals surface area contributed by atoms with Gasteiger partial charge in [0.25, 0.3) is 5.91 Å². The number of amides is 1. The Hall–Kier alpha value is -3.66. The van der Waals surface area contributed by atoms with Crippen molar-refractivity contribution < 1.29 is 14.3 Å². The van der Waals surface area contributed by atoms with Gasteiger partial charge >= 0.3 is 0 Å². The number of fused-ring (bicyclic) bond motifs is 1. The first-order valence-corrected chi connectivity index (χ1v) is 10.8. The first-order chi connectivity index (χ1) is 15.3. The summed E-state index contributed by atoms with van der Waals surface area (Å²) in [5.41, 5.74) is 4.62. The summed E-state index contributed by atoms with van der Waals surface area (Å²) < 4.78 is 6.37. The number of Topliss-reactive ketones (excluding diaryl/α,β-unsaturated/α-hetero) is 1. The largest absolute Gasteiger partial charge is 0.483 e. The highest BCUT2D eigenvalue weighted by atomic mass is 16.5. The highest BCUT2D eigenvalue weighted by Gasteiger charge is 2.28. The third-order valence-corrected chi connectivity index (χ3v) is 5.87. The fourth-order valence-corrected chi connectivity index (χ4v) is 3.83. The molecule has 3 aromatic carbocycles. The van der Waals surface area contributed by atoms with Gasteiger partial charge in [-0.1, -0.05) is 48.5 Å². The Labute approximate surface area is 188 Å². The molecule has 32 heavy (non-hydrogen) atoms. The molecular weight excluding hydrogens is 398 g/mol. The summed E-state index contributed by atoms with van der Waals surface area (Å²) in [6.07, 6.45) is 5.98. The molecule has 1 atom stereocenters. The van der Waals surface area contributed by atoms with E-state index in [0.29, 0.717) is 11.1 Å². The molecule has 3 aromatic rings. The zero-order chi connectivity index (χ0) is 22.7. The van der Waals surface area contributed by atoms with Crippen LogP contribution >= 0.6 is 0 Å². The molecule has 0 radical (unpaired) electrons. The van der Waals surface area contributed by atoms with E-state index >= 15 is 0 Å². The number of benzene rings is 3. The van der Waals surface area contributed by atoms with Crippen LogP contribution in [0, 0.1) is 6.92 Å². The predicted molar refractivity (Wildman–Crippen MR) is 128 cm³/mol. The zero-order valence-corrected chi connectivity index (χ0v) is 18.6. The molecule has 4 rings (SSSR count). The topological polar surface area (TPSA) is 55.4 Å². The number of nitrogens with one attached hydrogen (secondary N) is 1. The summed E-state index contributed by atoms with van der Waals surface area (Å²) >= 11 is 0. The molecule has 162 valence electrons. The average molecular weight is 426 g/mol. The molecule has 0 saturated heterocycles. The van der Waals surface area contributed by atoms with Crippen molar-refractivity contribution in [2.24, 2.45) is 0 Å². The van der Waals surface area contributed by atoms with Crippen LogP contribution in [0.5, 0.6) is 5.75 Å². The van der Waals surface area contributed by atoms with E-state index in [1.54, 1.807) is 24.3 Å². The quantitative estimate of drug-likeness (QED) is 0.475. The zero-order valence-electron chi connectivity index (χ0n) is 18.6. The number of rotatable bonds is 6.